The molecule has 190 valence electrons. The highest BCUT2D eigenvalue weighted by Crippen LogP contribution is 2.42. The average molecular weight is 492 g/mol. The van der Waals surface area contributed by atoms with Crippen LogP contribution in [0.25, 0.3) is 0 Å². The van der Waals surface area contributed by atoms with Gasteiger partial charge < -0.3 is 9.80 Å². The second-order valence-electron chi connectivity index (χ2n) is 9.84. The topological polar surface area (TPSA) is 94.1 Å². The minimum absolute atomic E-state index is 0.0251. The molecule has 0 radical (unpaired) electrons. The number of hydrogen-bond donors (Lipinski definition) is 0. The molecule has 2 aliphatic heterocycles. The van der Waals surface area contributed by atoms with Crippen LogP contribution in [0.3, 0.4) is 0 Å². The van der Waals surface area contributed by atoms with Gasteiger partial charge in [-0.1, -0.05) is 30.3 Å². The van der Waals surface area contributed by atoms with Gasteiger partial charge in [-0.05, 0) is 29.7 Å². The van der Waals surface area contributed by atoms with Crippen molar-refractivity contribution in [3.63, 3.8) is 0 Å². The Morgan fingerprint density at radius 2 is 1.75 bits per heavy atom. The van der Waals surface area contributed by atoms with E-state index in [1.807, 2.05) is 42.2 Å². The molecule has 2 aliphatic rings. The van der Waals surface area contributed by atoms with Gasteiger partial charge in [0.15, 0.2) is 0 Å². The van der Waals surface area contributed by atoms with E-state index >= 15 is 0 Å². The van der Waals surface area contributed by atoms with Crippen LogP contribution in [-0.4, -0.2) is 95.0 Å². The SMILES string of the molecule is Cc1ccccc1[C@]1(CC(=O)N2CCN(CC(=O)N(C)C)CC2)CC(=O)N(Cc2cccnc2)C1=O. The number of benzene rings is 1. The molecule has 1 aromatic heterocycles. The highest BCUT2D eigenvalue weighted by atomic mass is 16.2. The van der Waals surface area contributed by atoms with Crippen molar-refractivity contribution in [2.24, 2.45) is 0 Å². The number of amides is 4. The van der Waals surface area contributed by atoms with Crippen LogP contribution in [0, 0.1) is 6.92 Å². The zero-order valence-corrected chi connectivity index (χ0v) is 21.1. The van der Waals surface area contributed by atoms with E-state index in [1.165, 1.54) is 4.90 Å². The highest BCUT2D eigenvalue weighted by Gasteiger charge is 2.54. The van der Waals surface area contributed by atoms with Gasteiger partial charge in [-0.3, -0.25) is 34.0 Å². The molecule has 0 bridgehead atoms. The van der Waals surface area contributed by atoms with E-state index in [-0.39, 0.29) is 43.0 Å². The number of aryl methyl sites for hydroxylation is 1. The zero-order valence-electron chi connectivity index (χ0n) is 21.1. The maximum absolute atomic E-state index is 13.9. The maximum atomic E-state index is 13.9. The molecule has 0 aliphatic carbocycles. The van der Waals surface area contributed by atoms with Gasteiger partial charge in [0.2, 0.25) is 23.6 Å². The van der Waals surface area contributed by atoms with Crippen LogP contribution in [0.5, 0.6) is 0 Å². The number of imide groups is 1. The molecule has 3 heterocycles. The van der Waals surface area contributed by atoms with Gasteiger partial charge in [0, 0.05) is 65.5 Å². The van der Waals surface area contributed by atoms with Crippen LogP contribution >= 0.6 is 0 Å². The van der Waals surface area contributed by atoms with Crippen LogP contribution in [0.2, 0.25) is 0 Å². The van der Waals surface area contributed by atoms with Crippen LogP contribution < -0.4 is 0 Å². The Labute approximate surface area is 211 Å². The summed E-state index contributed by atoms with van der Waals surface area (Å²) in [6.45, 7) is 4.48. The molecule has 2 saturated heterocycles. The van der Waals surface area contributed by atoms with Gasteiger partial charge >= 0.3 is 0 Å². The summed E-state index contributed by atoms with van der Waals surface area (Å²) in [5, 5.41) is 0. The van der Waals surface area contributed by atoms with Crippen molar-refractivity contribution in [2.45, 2.75) is 31.7 Å². The zero-order chi connectivity index (χ0) is 25.9. The van der Waals surface area contributed by atoms with E-state index in [0.717, 1.165) is 16.7 Å². The molecule has 4 amide bonds. The lowest BCUT2D eigenvalue weighted by atomic mass is 9.74. The van der Waals surface area contributed by atoms with Crippen molar-refractivity contribution in [3.05, 3.63) is 65.5 Å². The summed E-state index contributed by atoms with van der Waals surface area (Å²) >= 11 is 0. The highest BCUT2D eigenvalue weighted by molar-refractivity contribution is 6.10. The number of aromatic nitrogens is 1. The molecule has 1 atom stereocenters. The largest absolute Gasteiger partial charge is 0.348 e. The monoisotopic (exact) mass is 491 g/mol. The third-order valence-corrected chi connectivity index (χ3v) is 7.17. The summed E-state index contributed by atoms with van der Waals surface area (Å²) in [5.41, 5.74) is 1.12. The normalized spacial score (nSPS) is 20.6. The number of nitrogens with zero attached hydrogens (tertiary/aromatic N) is 5. The van der Waals surface area contributed by atoms with Crippen molar-refractivity contribution in [3.8, 4) is 0 Å². The van der Waals surface area contributed by atoms with E-state index in [2.05, 4.69) is 4.98 Å². The van der Waals surface area contributed by atoms with Gasteiger partial charge in [-0.25, -0.2) is 0 Å². The van der Waals surface area contributed by atoms with Crippen molar-refractivity contribution >= 4 is 23.6 Å². The molecule has 0 N–H and O–H groups in total. The average Bonchev–Trinajstić information content (AvgIpc) is 3.10. The van der Waals surface area contributed by atoms with Gasteiger partial charge in [-0.2, -0.15) is 0 Å². The van der Waals surface area contributed by atoms with Crippen molar-refractivity contribution in [2.75, 3.05) is 46.8 Å². The molecule has 9 heteroatoms. The van der Waals surface area contributed by atoms with E-state index < -0.39 is 5.41 Å². The first-order valence-electron chi connectivity index (χ1n) is 12.2. The minimum atomic E-state index is -1.24. The summed E-state index contributed by atoms with van der Waals surface area (Å²) in [5.74, 6) is -0.751. The maximum Gasteiger partial charge on any atom is 0.241 e. The third kappa shape index (κ3) is 5.16. The molecule has 9 nitrogen and oxygen atoms in total. The first-order chi connectivity index (χ1) is 17.2. The van der Waals surface area contributed by atoms with E-state index in [9.17, 15) is 19.2 Å². The molecule has 1 aromatic carbocycles. The fourth-order valence-corrected chi connectivity index (χ4v) is 5.05. The lowest BCUT2D eigenvalue weighted by Gasteiger charge is -2.37. The number of likely N-dealkylation sites (N-methyl/N-ethyl adjacent to an activating group) is 1. The van der Waals surface area contributed by atoms with Crippen LogP contribution in [0.15, 0.2) is 48.8 Å². The molecule has 4 rings (SSSR count). The Bertz CT molecular complexity index is 1140. The summed E-state index contributed by atoms with van der Waals surface area (Å²) < 4.78 is 0. The number of rotatable bonds is 7. The van der Waals surface area contributed by atoms with E-state index in [0.29, 0.717) is 32.7 Å². The first-order valence-corrected chi connectivity index (χ1v) is 12.2. The Morgan fingerprint density at radius 1 is 1.03 bits per heavy atom. The second kappa shape index (κ2) is 10.6. The van der Waals surface area contributed by atoms with Crippen LogP contribution in [-0.2, 0) is 31.1 Å². The lowest BCUT2D eigenvalue weighted by Crippen LogP contribution is -2.52. The Kier molecular flexibility index (Phi) is 7.49. The van der Waals surface area contributed by atoms with Gasteiger partial charge in [0.25, 0.3) is 0 Å². The Balaban J connectivity index is 1.54. The summed E-state index contributed by atoms with van der Waals surface area (Å²) in [6, 6.07) is 11.1. The van der Waals surface area contributed by atoms with Gasteiger partial charge in [0.1, 0.15) is 0 Å². The minimum Gasteiger partial charge on any atom is -0.348 e. The van der Waals surface area contributed by atoms with Crippen LogP contribution in [0.4, 0.5) is 0 Å². The Morgan fingerprint density at radius 3 is 2.39 bits per heavy atom. The predicted molar refractivity (Wildman–Crippen MR) is 134 cm³/mol. The number of hydrogen-bond acceptors (Lipinski definition) is 6. The summed E-state index contributed by atoms with van der Waals surface area (Å²) in [6.07, 6.45) is 3.17. The number of likely N-dealkylation sites (tertiary alicyclic amines) is 1. The second-order valence-corrected chi connectivity index (χ2v) is 9.84. The molecular formula is C27H33N5O4. The Hall–Kier alpha value is -3.59. The molecular weight excluding hydrogens is 458 g/mol. The molecule has 2 fully saturated rings. The van der Waals surface area contributed by atoms with Gasteiger partial charge in [-0.15, -0.1) is 0 Å². The molecule has 0 unspecified atom stereocenters. The first kappa shape index (κ1) is 25.5. The van der Waals surface area contributed by atoms with Gasteiger partial charge in [0.05, 0.1) is 18.5 Å². The van der Waals surface area contributed by atoms with Crippen LogP contribution in [0.1, 0.15) is 29.5 Å². The fourth-order valence-electron chi connectivity index (χ4n) is 5.05. The number of pyridine rings is 1. The standard InChI is InChI=1S/C27H33N5O4/c1-20-7-4-5-9-22(20)27(16-24(34)32(26(27)36)18-21-8-6-10-28-17-21)15-23(33)31-13-11-30(12-14-31)19-25(35)29(2)3/h4-10,17H,11-16,18-19H2,1-3H3/t27-/m0/s1. The summed E-state index contributed by atoms with van der Waals surface area (Å²) in [7, 11) is 3.45. The molecule has 0 spiro atoms. The quantitative estimate of drug-likeness (QED) is 0.541. The lowest BCUT2D eigenvalue weighted by molar-refractivity contribution is -0.144. The molecule has 2 aromatic rings. The third-order valence-electron chi connectivity index (χ3n) is 7.17. The van der Waals surface area contributed by atoms with Crippen molar-refractivity contribution in [1.29, 1.82) is 0 Å². The smallest absolute Gasteiger partial charge is 0.241 e. The number of piperazine rings is 1. The predicted octanol–water partition coefficient (Wildman–Crippen LogP) is 1.21. The molecule has 36 heavy (non-hydrogen) atoms. The van der Waals surface area contributed by atoms with Crippen molar-refractivity contribution in [1.82, 2.24) is 24.6 Å². The number of carbonyl (C=O) groups is 4. The van der Waals surface area contributed by atoms with E-state index in [1.54, 1.807) is 42.4 Å². The molecule has 0 saturated carbocycles. The summed E-state index contributed by atoms with van der Waals surface area (Å²) in [4.78, 5) is 63.4. The number of carbonyl (C=O) groups excluding carboxylic acids is 4. The van der Waals surface area contributed by atoms with E-state index in [4.69, 9.17) is 0 Å². The van der Waals surface area contributed by atoms with Crippen molar-refractivity contribution < 1.29 is 19.2 Å². The fraction of sp³-hybridized carbons (Fsp3) is 0.444.